The van der Waals surface area contributed by atoms with Gasteiger partial charge in [-0.1, -0.05) is 26.0 Å². The first kappa shape index (κ1) is 21.1. The maximum atomic E-state index is 13.6. The number of carbonyl (C=O) groups excluding carboxylic acids is 2. The summed E-state index contributed by atoms with van der Waals surface area (Å²) in [5.41, 5.74) is 3.13. The standard InChI is InChI=1S/C27H34N4O2/c1-16-24-25(29-14-28-16)31(15-30-24)13-23(33)22-7-6-20-19-5-4-17-12-18(32)8-10-26(17,2)21(19)9-11-27(20,22)3/h12,14-15,19-22H,1,4-11,13H2,2-3H3,(H,28,29). The maximum Gasteiger partial charge on any atom is 0.164 e. The van der Waals surface area contributed by atoms with Gasteiger partial charge in [-0.3, -0.25) is 9.59 Å². The second kappa shape index (κ2) is 7.25. The Morgan fingerprint density at radius 3 is 2.88 bits per heavy atom. The third-order valence-corrected chi connectivity index (χ3v) is 10.2. The van der Waals surface area contributed by atoms with Crippen LogP contribution in [0.1, 0.15) is 70.9 Å². The third-order valence-electron chi connectivity index (χ3n) is 10.2. The van der Waals surface area contributed by atoms with Gasteiger partial charge >= 0.3 is 0 Å². The molecule has 1 aliphatic heterocycles. The number of nitrogens with one attached hydrogen (secondary N) is 1. The monoisotopic (exact) mass is 446 g/mol. The molecule has 3 saturated carbocycles. The van der Waals surface area contributed by atoms with Crippen LogP contribution in [-0.4, -0.2) is 27.5 Å². The predicted molar refractivity (Wildman–Crippen MR) is 128 cm³/mol. The van der Waals surface area contributed by atoms with E-state index in [0.29, 0.717) is 42.3 Å². The minimum atomic E-state index is 0.0787. The van der Waals surface area contributed by atoms with Gasteiger partial charge in [-0.2, -0.15) is 0 Å². The summed E-state index contributed by atoms with van der Waals surface area (Å²) < 4.78 is 1.89. The van der Waals surface area contributed by atoms with E-state index in [2.05, 4.69) is 35.7 Å². The largest absolute Gasteiger partial charge is 0.345 e. The average Bonchev–Trinajstić information content (AvgIpc) is 3.36. The van der Waals surface area contributed by atoms with E-state index in [0.717, 1.165) is 49.3 Å². The summed E-state index contributed by atoms with van der Waals surface area (Å²) in [5.74, 6) is 3.42. The number of fused-ring (bicyclic) bond motifs is 6. The fourth-order valence-electron chi connectivity index (χ4n) is 8.45. The Balaban J connectivity index is 1.23. The normalized spacial score (nSPS) is 39.2. The van der Waals surface area contributed by atoms with Crippen LogP contribution in [0.15, 0.2) is 29.5 Å². The summed E-state index contributed by atoms with van der Waals surface area (Å²) in [7, 11) is 0. The average molecular weight is 447 g/mol. The highest BCUT2D eigenvalue weighted by atomic mass is 16.1. The Kier molecular flexibility index (Phi) is 4.63. The quantitative estimate of drug-likeness (QED) is 0.721. The summed E-state index contributed by atoms with van der Waals surface area (Å²) in [6, 6.07) is 0. The molecule has 4 aliphatic carbocycles. The summed E-state index contributed by atoms with van der Waals surface area (Å²) >= 11 is 0. The van der Waals surface area contributed by atoms with Crippen molar-refractivity contribution in [2.75, 3.05) is 0 Å². The molecule has 5 aliphatic rings. The minimum Gasteiger partial charge on any atom is -0.345 e. The number of nitrogens with zero attached hydrogens (tertiary/aromatic N) is 3. The van der Waals surface area contributed by atoms with Crippen molar-refractivity contribution < 1.29 is 9.59 Å². The Morgan fingerprint density at radius 1 is 1.18 bits per heavy atom. The van der Waals surface area contributed by atoms with Crippen molar-refractivity contribution in [3.05, 3.63) is 30.2 Å². The molecule has 1 aromatic rings. The van der Waals surface area contributed by atoms with Crippen molar-refractivity contribution in [3.8, 4) is 0 Å². The molecule has 0 amide bonds. The molecule has 0 aromatic carbocycles. The molecule has 6 atom stereocenters. The molecule has 1 aromatic heterocycles. The van der Waals surface area contributed by atoms with Gasteiger partial charge in [0.1, 0.15) is 5.69 Å². The van der Waals surface area contributed by atoms with Crippen LogP contribution in [0.2, 0.25) is 0 Å². The lowest BCUT2D eigenvalue weighted by Crippen LogP contribution is -2.51. The number of rotatable bonds is 3. The van der Waals surface area contributed by atoms with E-state index >= 15 is 0 Å². The van der Waals surface area contributed by atoms with Crippen LogP contribution in [0.4, 0.5) is 5.82 Å². The van der Waals surface area contributed by atoms with Gasteiger partial charge in [0.15, 0.2) is 17.4 Å². The van der Waals surface area contributed by atoms with E-state index < -0.39 is 0 Å². The van der Waals surface area contributed by atoms with Gasteiger partial charge in [-0.15, -0.1) is 0 Å². The summed E-state index contributed by atoms with van der Waals surface area (Å²) in [6.07, 6.45) is 13.7. The molecule has 0 bridgehead atoms. The van der Waals surface area contributed by atoms with Crippen LogP contribution in [0.3, 0.4) is 0 Å². The van der Waals surface area contributed by atoms with Gasteiger partial charge in [0, 0.05) is 12.3 Å². The van der Waals surface area contributed by atoms with E-state index in [9.17, 15) is 9.59 Å². The van der Waals surface area contributed by atoms with Crippen molar-refractivity contribution in [1.29, 1.82) is 0 Å². The zero-order valence-corrected chi connectivity index (χ0v) is 19.8. The van der Waals surface area contributed by atoms with E-state index in [1.54, 1.807) is 12.7 Å². The van der Waals surface area contributed by atoms with Crippen molar-refractivity contribution >= 4 is 29.4 Å². The highest BCUT2D eigenvalue weighted by Gasteiger charge is 2.60. The summed E-state index contributed by atoms with van der Waals surface area (Å²) in [6.45, 7) is 9.14. The second-order valence-corrected chi connectivity index (χ2v) is 11.5. The molecule has 2 heterocycles. The first-order chi connectivity index (χ1) is 15.8. The smallest absolute Gasteiger partial charge is 0.164 e. The first-order valence-corrected chi connectivity index (χ1v) is 12.6. The molecule has 0 saturated heterocycles. The van der Waals surface area contributed by atoms with Crippen LogP contribution in [0, 0.1) is 34.5 Å². The molecule has 3 fully saturated rings. The Morgan fingerprint density at radius 2 is 2.03 bits per heavy atom. The van der Waals surface area contributed by atoms with Crippen molar-refractivity contribution in [1.82, 2.24) is 14.9 Å². The van der Waals surface area contributed by atoms with Gasteiger partial charge < -0.3 is 9.88 Å². The number of Topliss-reactive ketones (excluding diaryl/α,β-unsaturated/α-hetero) is 1. The maximum absolute atomic E-state index is 13.6. The van der Waals surface area contributed by atoms with Gasteiger partial charge in [0.2, 0.25) is 0 Å². The fraction of sp³-hybridized carbons (Fsp3) is 0.630. The van der Waals surface area contributed by atoms with E-state index in [4.69, 9.17) is 0 Å². The molecule has 174 valence electrons. The van der Waals surface area contributed by atoms with Crippen molar-refractivity contribution in [3.63, 3.8) is 0 Å². The Bertz CT molecular complexity index is 1110. The zero-order chi connectivity index (χ0) is 23.0. The molecule has 0 radical (unpaired) electrons. The molecule has 1 N–H and O–H groups in total. The second-order valence-electron chi connectivity index (χ2n) is 11.5. The number of hydrogen-bond acceptors (Lipinski definition) is 5. The van der Waals surface area contributed by atoms with Crippen LogP contribution in [0.5, 0.6) is 0 Å². The Labute approximate surface area is 195 Å². The summed E-state index contributed by atoms with van der Waals surface area (Å²) in [4.78, 5) is 34.6. The number of aromatic nitrogens is 2. The lowest BCUT2D eigenvalue weighted by Gasteiger charge is -2.58. The molecule has 33 heavy (non-hydrogen) atoms. The van der Waals surface area contributed by atoms with Crippen LogP contribution < -0.4 is 5.32 Å². The molecular formula is C27H34N4O2. The van der Waals surface area contributed by atoms with Crippen LogP contribution >= 0.6 is 0 Å². The van der Waals surface area contributed by atoms with E-state index in [1.165, 1.54) is 18.4 Å². The number of aliphatic imine (C=N–C) groups is 1. The molecule has 6 nitrogen and oxygen atoms in total. The van der Waals surface area contributed by atoms with Gasteiger partial charge in [-0.05, 0) is 79.6 Å². The molecular weight excluding hydrogens is 412 g/mol. The SMILES string of the molecule is C=C1NC=Nc2c1ncn2CC(=O)C1CCC2C3CCC4=CC(=O)CCC4(C)C3CCC12C. The zero-order valence-electron chi connectivity index (χ0n) is 19.8. The number of hydrogen-bond donors (Lipinski definition) is 1. The topological polar surface area (TPSA) is 76.3 Å². The Hall–Kier alpha value is -2.50. The number of ketones is 2. The van der Waals surface area contributed by atoms with Gasteiger partial charge in [0.05, 0.1) is 24.9 Å². The van der Waals surface area contributed by atoms with Crippen LogP contribution in [-0.2, 0) is 16.1 Å². The summed E-state index contributed by atoms with van der Waals surface area (Å²) in [5, 5.41) is 2.99. The number of imidazole rings is 1. The molecule has 6 rings (SSSR count). The van der Waals surface area contributed by atoms with Gasteiger partial charge in [0.25, 0.3) is 0 Å². The van der Waals surface area contributed by atoms with Gasteiger partial charge in [-0.25, -0.2) is 9.98 Å². The lowest BCUT2D eigenvalue weighted by atomic mass is 9.46. The third kappa shape index (κ3) is 2.98. The van der Waals surface area contributed by atoms with Crippen molar-refractivity contribution in [2.45, 2.75) is 71.8 Å². The lowest BCUT2D eigenvalue weighted by molar-refractivity contribution is -0.131. The minimum absolute atomic E-state index is 0.0787. The highest BCUT2D eigenvalue weighted by molar-refractivity contribution is 5.91. The molecule has 6 unspecified atom stereocenters. The van der Waals surface area contributed by atoms with Crippen LogP contribution in [0.25, 0.3) is 5.70 Å². The highest BCUT2D eigenvalue weighted by Crippen LogP contribution is 2.66. The fourth-order valence-corrected chi connectivity index (χ4v) is 8.45. The number of allylic oxidation sites excluding steroid dienone is 1. The first-order valence-electron chi connectivity index (χ1n) is 12.6. The molecule has 6 heteroatoms. The molecule has 0 spiro atoms. The van der Waals surface area contributed by atoms with Crippen molar-refractivity contribution in [2.24, 2.45) is 39.5 Å². The number of carbonyl (C=O) groups is 2. The predicted octanol–water partition coefficient (Wildman–Crippen LogP) is 4.83. The van der Waals surface area contributed by atoms with E-state index in [1.807, 2.05) is 10.6 Å². The van der Waals surface area contributed by atoms with E-state index in [-0.39, 0.29) is 16.7 Å².